The van der Waals surface area contributed by atoms with E-state index in [4.69, 9.17) is 4.98 Å². The number of hydrogen-bond donors (Lipinski definition) is 0. The van der Waals surface area contributed by atoms with Gasteiger partial charge in [0, 0.05) is 34.5 Å². The van der Waals surface area contributed by atoms with Crippen molar-refractivity contribution in [3.05, 3.63) is 113 Å². The van der Waals surface area contributed by atoms with Crippen LogP contribution in [0.25, 0.3) is 33.1 Å². The van der Waals surface area contributed by atoms with Crippen molar-refractivity contribution in [2.45, 2.75) is 6.54 Å². The summed E-state index contributed by atoms with van der Waals surface area (Å²) in [6.45, 7) is 0.611. The van der Waals surface area contributed by atoms with Gasteiger partial charge in [-0.05, 0) is 36.4 Å². The van der Waals surface area contributed by atoms with Crippen LogP contribution >= 0.6 is 0 Å². The summed E-state index contributed by atoms with van der Waals surface area (Å²) in [7, 11) is 0. The first kappa shape index (κ1) is 20.6. The summed E-state index contributed by atoms with van der Waals surface area (Å²) < 4.78 is 2.17. The second-order valence-electron chi connectivity index (χ2n) is 7.23. The summed E-state index contributed by atoms with van der Waals surface area (Å²) in [5, 5.41) is 13.2. The fourth-order valence-corrected chi connectivity index (χ4v) is 3.73. The average molecular weight is 472 g/mol. The van der Waals surface area contributed by atoms with Crippen molar-refractivity contribution in [1.29, 1.82) is 0 Å². The van der Waals surface area contributed by atoms with E-state index < -0.39 is 0 Å². The van der Waals surface area contributed by atoms with Gasteiger partial charge in [0.1, 0.15) is 0 Å². The van der Waals surface area contributed by atoms with Crippen molar-refractivity contribution < 1.29 is 26.5 Å². The lowest BCUT2D eigenvalue weighted by Gasteiger charge is -2.07. The Balaban J connectivity index is 0.00000231. The Morgan fingerprint density at radius 2 is 1.55 bits per heavy atom. The van der Waals surface area contributed by atoms with Crippen LogP contribution in [0.2, 0.25) is 0 Å². The summed E-state index contributed by atoms with van der Waals surface area (Å²) in [4.78, 5) is 15.4. The van der Waals surface area contributed by atoms with Crippen LogP contribution in [-0.4, -0.2) is 9.91 Å². The molecule has 0 amide bonds. The molecule has 5 rings (SSSR count). The molecule has 0 spiro atoms. The lowest BCUT2D eigenvalue weighted by Crippen LogP contribution is -3.00. The van der Waals surface area contributed by atoms with E-state index in [0.717, 1.165) is 38.6 Å². The second kappa shape index (κ2) is 8.62. The molecule has 0 aliphatic rings. The first-order valence-corrected chi connectivity index (χ1v) is 9.69. The molecule has 0 aliphatic heterocycles. The quantitative estimate of drug-likeness (QED) is 0.229. The monoisotopic (exact) mass is 471 g/mol. The first-order valence-electron chi connectivity index (χ1n) is 9.69. The van der Waals surface area contributed by atoms with Gasteiger partial charge in [-0.3, -0.25) is 10.1 Å². The highest BCUT2D eigenvalue weighted by Crippen LogP contribution is 2.23. The minimum atomic E-state index is -0.377. The Labute approximate surface area is 189 Å². The maximum atomic E-state index is 10.9. The van der Waals surface area contributed by atoms with E-state index in [1.807, 2.05) is 36.4 Å². The molecule has 0 unspecified atom stereocenters. The lowest BCUT2D eigenvalue weighted by molar-refractivity contribution is -0.661. The highest BCUT2D eigenvalue weighted by atomic mass is 79.9. The number of nitro groups is 1. The number of halogens is 1. The molecule has 6 heteroatoms. The van der Waals surface area contributed by atoms with Crippen LogP contribution in [0.1, 0.15) is 5.56 Å². The predicted octanol–water partition coefficient (Wildman–Crippen LogP) is 2.30. The molecule has 5 nitrogen and oxygen atoms in total. The summed E-state index contributed by atoms with van der Waals surface area (Å²) in [5.41, 5.74) is 5.10. The number of aromatic nitrogens is 2. The minimum absolute atomic E-state index is 0. The van der Waals surface area contributed by atoms with Crippen molar-refractivity contribution >= 4 is 27.5 Å². The highest BCUT2D eigenvalue weighted by Gasteiger charge is 2.15. The second-order valence-corrected chi connectivity index (χ2v) is 7.23. The Morgan fingerprint density at radius 1 is 0.839 bits per heavy atom. The van der Waals surface area contributed by atoms with Crippen LogP contribution in [0.15, 0.2) is 97.2 Å². The normalized spacial score (nSPS) is 10.7. The van der Waals surface area contributed by atoms with Gasteiger partial charge in [-0.2, -0.15) is 4.57 Å². The van der Waals surface area contributed by atoms with Crippen LogP contribution in [0, 0.1) is 10.1 Å². The maximum absolute atomic E-state index is 10.9. The topological polar surface area (TPSA) is 59.9 Å². The van der Waals surface area contributed by atoms with E-state index in [9.17, 15) is 10.1 Å². The average Bonchev–Trinajstić information content (AvgIpc) is 2.79. The van der Waals surface area contributed by atoms with E-state index in [0.29, 0.717) is 6.54 Å². The molecule has 0 N–H and O–H groups in total. The van der Waals surface area contributed by atoms with Crippen molar-refractivity contribution in [2.75, 3.05) is 0 Å². The molecular weight excluding hydrogens is 454 g/mol. The van der Waals surface area contributed by atoms with Crippen LogP contribution in [-0.2, 0) is 6.54 Å². The molecule has 3 aromatic carbocycles. The molecular formula is C25H18BrN3O2. The number of para-hydroxylation sites is 2. The Bertz CT molecular complexity index is 1400. The van der Waals surface area contributed by atoms with Crippen molar-refractivity contribution in [1.82, 2.24) is 4.98 Å². The van der Waals surface area contributed by atoms with Gasteiger partial charge in [-0.1, -0.05) is 36.4 Å². The van der Waals surface area contributed by atoms with Crippen LogP contribution < -0.4 is 21.5 Å². The summed E-state index contributed by atoms with van der Waals surface area (Å²) >= 11 is 0. The molecule has 2 aromatic heterocycles. The summed E-state index contributed by atoms with van der Waals surface area (Å²) in [6.07, 6.45) is 2.10. The number of non-ortho nitro benzene ring substituents is 1. The molecule has 152 valence electrons. The minimum Gasteiger partial charge on any atom is -1.00 e. The standard InChI is InChI=1S/C25H18N3O2.BrH/c29-28(30)22-12-9-18(10-13-22)16-27-17-21(15-20-6-2-4-8-25(20)27)24-14-11-19-5-1-3-7-23(19)26-24;/h1-15,17H,16H2;1H/q+1;/p-1. The Kier molecular flexibility index (Phi) is 5.73. The smallest absolute Gasteiger partial charge is 0.269 e. The molecule has 0 atom stereocenters. The van der Waals surface area contributed by atoms with E-state index in [-0.39, 0.29) is 27.6 Å². The van der Waals surface area contributed by atoms with Gasteiger partial charge in [0.05, 0.1) is 21.7 Å². The number of fused-ring (bicyclic) bond motifs is 2. The molecule has 31 heavy (non-hydrogen) atoms. The van der Waals surface area contributed by atoms with Crippen LogP contribution in [0.3, 0.4) is 0 Å². The summed E-state index contributed by atoms with van der Waals surface area (Å²) in [5.74, 6) is 0. The number of pyridine rings is 2. The number of benzene rings is 3. The fourth-order valence-electron chi connectivity index (χ4n) is 3.73. The van der Waals surface area contributed by atoms with Gasteiger partial charge in [0.15, 0.2) is 12.7 Å². The Hall–Kier alpha value is -3.64. The third-order valence-corrected chi connectivity index (χ3v) is 5.25. The molecule has 2 heterocycles. The molecule has 0 radical (unpaired) electrons. The van der Waals surface area contributed by atoms with Gasteiger partial charge in [-0.15, -0.1) is 0 Å². The van der Waals surface area contributed by atoms with Crippen molar-refractivity contribution in [3.8, 4) is 11.3 Å². The van der Waals surface area contributed by atoms with Gasteiger partial charge in [-0.25, -0.2) is 4.98 Å². The molecule has 0 aliphatic carbocycles. The Morgan fingerprint density at radius 3 is 2.32 bits per heavy atom. The zero-order valence-electron chi connectivity index (χ0n) is 16.5. The first-order chi connectivity index (χ1) is 14.7. The van der Waals surface area contributed by atoms with Gasteiger partial charge in [0.25, 0.3) is 5.69 Å². The van der Waals surface area contributed by atoms with Gasteiger partial charge < -0.3 is 17.0 Å². The SMILES string of the molecule is O=[N+]([O-])c1ccc(C[n+]2cc(-c3ccc4ccccc4n3)cc3ccccc32)cc1.[Br-]. The number of hydrogen-bond acceptors (Lipinski definition) is 3. The molecule has 5 aromatic rings. The predicted molar refractivity (Wildman–Crippen MR) is 117 cm³/mol. The van der Waals surface area contributed by atoms with Crippen molar-refractivity contribution in [3.63, 3.8) is 0 Å². The molecule has 0 saturated carbocycles. The molecule has 0 bridgehead atoms. The summed E-state index contributed by atoms with van der Waals surface area (Å²) in [6, 6.07) is 29.3. The fraction of sp³-hybridized carbons (Fsp3) is 0.0400. The van der Waals surface area contributed by atoms with Crippen LogP contribution in [0.4, 0.5) is 5.69 Å². The zero-order chi connectivity index (χ0) is 20.5. The number of rotatable bonds is 4. The van der Waals surface area contributed by atoms with Gasteiger partial charge in [0.2, 0.25) is 5.52 Å². The highest BCUT2D eigenvalue weighted by molar-refractivity contribution is 5.84. The van der Waals surface area contributed by atoms with Crippen molar-refractivity contribution in [2.24, 2.45) is 0 Å². The van der Waals surface area contributed by atoms with E-state index in [1.54, 1.807) is 24.3 Å². The van der Waals surface area contributed by atoms with Gasteiger partial charge >= 0.3 is 0 Å². The third kappa shape index (κ3) is 4.15. The molecule has 0 fully saturated rings. The largest absolute Gasteiger partial charge is 1.00 e. The zero-order valence-corrected chi connectivity index (χ0v) is 18.1. The van der Waals surface area contributed by atoms with E-state index >= 15 is 0 Å². The number of nitrogens with zero attached hydrogens (tertiary/aromatic N) is 3. The maximum Gasteiger partial charge on any atom is 0.269 e. The molecule has 0 saturated heterocycles. The lowest BCUT2D eigenvalue weighted by atomic mass is 10.1. The van der Waals surface area contributed by atoms with E-state index in [2.05, 4.69) is 41.1 Å². The van der Waals surface area contributed by atoms with Crippen LogP contribution in [0.5, 0.6) is 0 Å². The third-order valence-electron chi connectivity index (χ3n) is 5.25. The number of nitro benzene ring substituents is 1. The van der Waals surface area contributed by atoms with E-state index in [1.165, 1.54) is 0 Å².